The zero-order chi connectivity index (χ0) is 43.5. The minimum absolute atomic E-state index is 0.0711. The Balaban J connectivity index is 3.42. The van der Waals surface area contributed by atoms with E-state index in [0.29, 0.717) is 6.42 Å². The molecule has 0 aliphatic carbocycles. The highest BCUT2D eigenvalue weighted by Gasteiger charge is 2.17. The van der Waals surface area contributed by atoms with Gasteiger partial charge in [0.05, 0.1) is 18.8 Å². The molecule has 0 aromatic rings. The first-order valence-corrected chi connectivity index (χ1v) is 26.9. The van der Waals surface area contributed by atoms with Crippen molar-refractivity contribution in [1.29, 1.82) is 0 Å². The molecule has 4 heteroatoms. The maximum atomic E-state index is 12.4. The molecule has 0 rings (SSSR count). The summed E-state index contributed by atoms with van der Waals surface area (Å²) in [6.07, 6.45) is 71.3. The van der Waals surface area contributed by atoms with Crippen molar-refractivity contribution in [2.24, 2.45) is 0 Å². The molecule has 60 heavy (non-hydrogen) atoms. The van der Waals surface area contributed by atoms with Gasteiger partial charge in [0.2, 0.25) is 5.91 Å². The lowest BCUT2D eigenvalue weighted by molar-refractivity contribution is -0.123. The zero-order valence-corrected chi connectivity index (χ0v) is 40.5. The second kappa shape index (κ2) is 51.7. The SMILES string of the molecule is CCCCCCC/C=C\C/C=C\CCCCCCCCCCCCCCCCCCCCCCCCCC(=O)NC(CO)C(O)/C=C/CC/C=C/CCCCCCCCC. The van der Waals surface area contributed by atoms with Gasteiger partial charge >= 0.3 is 0 Å². The molecule has 2 unspecified atom stereocenters. The second-order valence-electron chi connectivity index (χ2n) is 18.3. The van der Waals surface area contributed by atoms with E-state index in [1.54, 1.807) is 6.08 Å². The highest BCUT2D eigenvalue weighted by Crippen LogP contribution is 2.17. The van der Waals surface area contributed by atoms with Gasteiger partial charge in [0.25, 0.3) is 0 Å². The molecule has 2 atom stereocenters. The van der Waals surface area contributed by atoms with Gasteiger partial charge in [-0.05, 0) is 64.2 Å². The Morgan fingerprint density at radius 3 is 1.07 bits per heavy atom. The van der Waals surface area contributed by atoms with Gasteiger partial charge in [-0.25, -0.2) is 0 Å². The third kappa shape index (κ3) is 47.4. The zero-order valence-electron chi connectivity index (χ0n) is 40.5. The van der Waals surface area contributed by atoms with Crippen LogP contribution in [-0.4, -0.2) is 34.9 Å². The number of unbranched alkanes of at least 4 members (excludes halogenated alkanes) is 36. The molecule has 0 spiro atoms. The predicted molar refractivity (Wildman–Crippen MR) is 267 cm³/mol. The fraction of sp³-hybridized carbons (Fsp3) is 0.839. The van der Waals surface area contributed by atoms with E-state index in [-0.39, 0.29) is 12.5 Å². The molecule has 0 fully saturated rings. The molecule has 0 saturated heterocycles. The number of amides is 1. The summed E-state index contributed by atoms with van der Waals surface area (Å²) in [6, 6.07) is -0.637. The van der Waals surface area contributed by atoms with E-state index in [4.69, 9.17) is 0 Å². The monoisotopic (exact) mass is 840 g/mol. The summed E-state index contributed by atoms with van der Waals surface area (Å²) in [6.45, 7) is 4.29. The van der Waals surface area contributed by atoms with Crippen molar-refractivity contribution in [3.05, 3.63) is 48.6 Å². The third-order valence-corrected chi connectivity index (χ3v) is 12.3. The molecule has 4 nitrogen and oxygen atoms in total. The second-order valence-corrected chi connectivity index (χ2v) is 18.3. The molecule has 352 valence electrons. The summed E-state index contributed by atoms with van der Waals surface area (Å²) in [7, 11) is 0. The molecule has 0 heterocycles. The number of hydrogen-bond acceptors (Lipinski definition) is 3. The molecule has 0 aromatic carbocycles. The largest absolute Gasteiger partial charge is 0.394 e. The molecule has 1 amide bonds. The van der Waals surface area contributed by atoms with Crippen LogP contribution in [0.4, 0.5) is 0 Å². The van der Waals surface area contributed by atoms with Gasteiger partial charge in [0.15, 0.2) is 0 Å². The van der Waals surface area contributed by atoms with Crippen molar-refractivity contribution in [2.75, 3.05) is 6.61 Å². The molecule has 0 aromatic heterocycles. The Morgan fingerprint density at radius 2 is 0.700 bits per heavy atom. The molecule has 0 saturated carbocycles. The third-order valence-electron chi connectivity index (χ3n) is 12.3. The highest BCUT2D eigenvalue weighted by atomic mass is 16.3. The first kappa shape index (κ1) is 58.4. The van der Waals surface area contributed by atoms with Gasteiger partial charge in [-0.2, -0.15) is 0 Å². The summed E-state index contributed by atoms with van der Waals surface area (Å²) in [4.78, 5) is 12.4. The van der Waals surface area contributed by atoms with Crippen LogP contribution in [0.25, 0.3) is 0 Å². The number of allylic oxidation sites excluding steroid dienone is 7. The number of aliphatic hydroxyl groups is 2. The van der Waals surface area contributed by atoms with Gasteiger partial charge < -0.3 is 15.5 Å². The van der Waals surface area contributed by atoms with Crippen molar-refractivity contribution in [2.45, 2.75) is 296 Å². The van der Waals surface area contributed by atoms with Crippen molar-refractivity contribution in [1.82, 2.24) is 5.32 Å². The van der Waals surface area contributed by atoms with Crippen molar-refractivity contribution in [3.8, 4) is 0 Å². The number of nitrogens with one attached hydrogen (secondary N) is 1. The highest BCUT2D eigenvalue weighted by molar-refractivity contribution is 5.76. The molecular formula is C56H105NO3. The first-order chi connectivity index (χ1) is 29.7. The van der Waals surface area contributed by atoms with Crippen LogP contribution in [0.15, 0.2) is 48.6 Å². The summed E-state index contributed by atoms with van der Waals surface area (Å²) < 4.78 is 0. The fourth-order valence-corrected chi connectivity index (χ4v) is 8.17. The standard InChI is InChI=1S/C56H105NO3/c1-3-5-7-9-11-13-15-17-18-19-20-21-22-23-24-25-26-27-28-29-30-31-32-33-34-35-36-37-38-40-42-44-46-48-50-52-56(60)57-54(53-58)55(59)51-49-47-45-43-41-39-16-14-12-10-8-6-4-2/h15,17,19-20,41,43,49,51,54-55,58-59H,3-14,16,18,21-40,42,44-48,50,52-53H2,1-2H3,(H,57,60)/b17-15-,20-19-,43-41+,51-49+. The molecule has 3 N–H and O–H groups in total. The fourth-order valence-electron chi connectivity index (χ4n) is 8.17. The molecule has 0 aliphatic heterocycles. The number of carbonyl (C=O) groups excluding carboxylic acids is 1. The van der Waals surface area contributed by atoms with Gasteiger partial charge in [-0.1, -0.05) is 262 Å². The maximum absolute atomic E-state index is 12.4. The van der Waals surface area contributed by atoms with Gasteiger partial charge in [0, 0.05) is 6.42 Å². The Hall–Kier alpha value is -1.65. The average molecular weight is 840 g/mol. The summed E-state index contributed by atoms with van der Waals surface area (Å²) in [5.74, 6) is -0.0711. The van der Waals surface area contributed by atoms with E-state index >= 15 is 0 Å². The average Bonchev–Trinajstić information content (AvgIpc) is 3.25. The smallest absolute Gasteiger partial charge is 0.220 e. The molecular weight excluding hydrogens is 735 g/mol. The van der Waals surface area contributed by atoms with Crippen LogP contribution in [0.2, 0.25) is 0 Å². The first-order valence-electron chi connectivity index (χ1n) is 26.9. The number of aliphatic hydroxyl groups excluding tert-OH is 2. The van der Waals surface area contributed by atoms with Crippen LogP contribution in [0.5, 0.6) is 0 Å². The van der Waals surface area contributed by atoms with Crippen molar-refractivity contribution >= 4 is 5.91 Å². The topological polar surface area (TPSA) is 69.6 Å². The minimum atomic E-state index is -0.860. The summed E-state index contributed by atoms with van der Waals surface area (Å²) >= 11 is 0. The van der Waals surface area contributed by atoms with Gasteiger partial charge in [-0.3, -0.25) is 4.79 Å². The van der Waals surface area contributed by atoms with Crippen LogP contribution in [0.3, 0.4) is 0 Å². The van der Waals surface area contributed by atoms with Crippen LogP contribution in [-0.2, 0) is 4.79 Å². The van der Waals surface area contributed by atoms with Gasteiger partial charge in [0.1, 0.15) is 0 Å². The number of hydrogen-bond donors (Lipinski definition) is 3. The van der Waals surface area contributed by atoms with E-state index in [1.807, 2.05) is 6.08 Å². The Kier molecular flexibility index (Phi) is 50.3. The van der Waals surface area contributed by atoms with E-state index in [9.17, 15) is 15.0 Å². The number of carbonyl (C=O) groups is 1. The van der Waals surface area contributed by atoms with Crippen LogP contribution < -0.4 is 5.32 Å². The molecule has 0 bridgehead atoms. The van der Waals surface area contributed by atoms with Gasteiger partial charge in [-0.15, -0.1) is 0 Å². The summed E-state index contributed by atoms with van der Waals surface area (Å²) in [5.41, 5.74) is 0. The molecule has 0 aliphatic rings. The van der Waals surface area contributed by atoms with Crippen LogP contribution >= 0.6 is 0 Å². The van der Waals surface area contributed by atoms with Crippen LogP contribution in [0.1, 0.15) is 284 Å². The predicted octanol–water partition coefficient (Wildman–Crippen LogP) is 17.5. The maximum Gasteiger partial charge on any atom is 0.220 e. The lowest BCUT2D eigenvalue weighted by Gasteiger charge is -2.19. The Labute approximate surface area is 375 Å². The lowest BCUT2D eigenvalue weighted by Crippen LogP contribution is -2.45. The van der Waals surface area contributed by atoms with E-state index in [1.165, 1.54) is 225 Å². The van der Waals surface area contributed by atoms with E-state index < -0.39 is 12.1 Å². The normalized spacial score (nSPS) is 13.2. The molecule has 0 radical (unpaired) electrons. The minimum Gasteiger partial charge on any atom is -0.394 e. The quantitative estimate of drug-likeness (QED) is 0.0422. The lowest BCUT2D eigenvalue weighted by atomic mass is 10.0. The van der Waals surface area contributed by atoms with E-state index in [0.717, 1.165) is 38.5 Å². The summed E-state index contributed by atoms with van der Waals surface area (Å²) in [5, 5.41) is 23.0. The van der Waals surface area contributed by atoms with Crippen molar-refractivity contribution in [3.63, 3.8) is 0 Å². The number of rotatable bonds is 49. The Morgan fingerprint density at radius 1 is 0.400 bits per heavy atom. The van der Waals surface area contributed by atoms with Crippen LogP contribution in [0, 0.1) is 0 Å². The van der Waals surface area contributed by atoms with E-state index in [2.05, 4.69) is 55.6 Å². The Bertz CT molecular complexity index is 954. The van der Waals surface area contributed by atoms with Crippen molar-refractivity contribution < 1.29 is 15.0 Å².